The van der Waals surface area contributed by atoms with Gasteiger partial charge in [-0.2, -0.15) is 0 Å². The summed E-state index contributed by atoms with van der Waals surface area (Å²) in [5.41, 5.74) is 3.27. The average molecular weight is 571 g/mol. The number of hydrogen-bond acceptors (Lipinski definition) is 4. The van der Waals surface area contributed by atoms with Crippen molar-refractivity contribution in [1.29, 1.82) is 0 Å². The van der Waals surface area contributed by atoms with E-state index in [0.29, 0.717) is 21.3 Å². The van der Waals surface area contributed by atoms with Crippen molar-refractivity contribution in [3.05, 3.63) is 63.1 Å². The van der Waals surface area contributed by atoms with E-state index in [2.05, 4.69) is 5.32 Å². The number of benzene rings is 2. The zero-order valence-corrected chi connectivity index (χ0v) is 24.7. The number of carbonyl (C=O) groups excluding carboxylic acids is 2. The molecule has 2 amide bonds. The van der Waals surface area contributed by atoms with Gasteiger partial charge < -0.3 is 10.2 Å². The molecule has 2 rings (SSSR count). The van der Waals surface area contributed by atoms with Crippen LogP contribution in [0.25, 0.3) is 0 Å². The Bertz CT molecular complexity index is 1220. The molecule has 0 spiro atoms. The van der Waals surface area contributed by atoms with Gasteiger partial charge in [0.05, 0.1) is 11.9 Å². The van der Waals surface area contributed by atoms with E-state index in [1.807, 2.05) is 39.8 Å². The van der Waals surface area contributed by atoms with Crippen molar-refractivity contribution in [3.8, 4) is 0 Å². The molecule has 0 fully saturated rings. The van der Waals surface area contributed by atoms with E-state index >= 15 is 0 Å². The second-order valence-electron chi connectivity index (χ2n) is 9.46. The fraction of sp³-hybridized carbons (Fsp3) is 0.481. The maximum Gasteiger partial charge on any atom is 0.242 e. The lowest BCUT2D eigenvalue weighted by Crippen LogP contribution is -2.49. The van der Waals surface area contributed by atoms with Crippen molar-refractivity contribution >= 4 is 50.7 Å². The highest BCUT2D eigenvalue weighted by Gasteiger charge is 2.28. The molecule has 2 aromatic rings. The van der Waals surface area contributed by atoms with E-state index in [-0.39, 0.29) is 43.8 Å². The van der Waals surface area contributed by atoms with Crippen molar-refractivity contribution in [3.63, 3.8) is 0 Å². The lowest BCUT2D eigenvalue weighted by atomic mass is 10.1. The van der Waals surface area contributed by atoms with Crippen LogP contribution in [0.5, 0.6) is 0 Å². The molecule has 7 nitrogen and oxygen atoms in total. The highest BCUT2D eigenvalue weighted by atomic mass is 35.5. The van der Waals surface area contributed by atoms with Gasteiger partial charge in [0.25, 0.3) is 0 Å². The van der Waals surface area contributed by atoms with E-state index in [9.17, 15) is 18.0 Å². The molecule has 37 heavy (non-hydrogen) atoms. The summed E-state index contributed by atoms with van der Waals surface area (Å²) < 4.78 is 26.4. The standard InChI is InChI=1S/C27H37Cl2N3O4S/c1-7-20(4)30-27(34)21(5)31(17-22-11-12-23(28)16-25(22)29)26(33)9-8-14-32(37(6,35)36)24-13-10-18(2)19(3)15-24/h10-13,15-16,20-21H,7-9,14,17H2,1-6H3,(H,30,34)/t20-,21-/m1/s1. The SMILES string of the molecule is CC[C@@H](C)NC(=O)[C@@H](C)N(Cc1ccc(Cl)cc1Cl)C(=O)CCCN(c1ccc(C)c(C)c1)S(C)(=O)=O. The van der Waals surface area contributed by atoms with Crippen molar-refractivity contribution < 1.29 is 18.0 Å². The third-order valence-electron chi connectivity index (χ3n) is 6.45. The summed E-state index contributed by atoms with van der Waals surface area (Å²) in [6, 6.07) is 9.70. The summed E-state index contributed by atoms with van der Waals surface area (Å²) in [6.07, 6.45) is 2.25. The maximum atomic E-state index is 13.4. The van der Waals surface area contributed by atoms with Gasteiger partial charge in [-0.3, -0.25) is 13.9 Å². The fourth-order valence-corrected chi connectivity index (χ4v) is 5.19. The summed E-state index contributed by atoms with van der Waals surface area (Å²) >= 11 is 12.4. The second kappa shape index (κ2) is 13.5. The topological polar surface area (TPSA) is 86.8 Å². The first kappa shape index (κ1) is 30.9. The highest BCUT2D eigenvalue weighted by molar-refractivity contribution is 7.92. The van der Waals surface area contributed by atoms with Gasteiger partial charge in [0.1, 0.15) is 6.04 Å². The summed E-state index contributed by atoms with van der Waals surface area (Å²) in [7, 11) is -3.56. The van der Waals surface area contributed by atoms with Crippen molar-refractivity contribution in [2.24, 2.45) is 0 Å². The van der Waals surface area contributed by atoms with E-state index in [1.54, 1.807) is 31.2 Å². The minimum absolute atomic E-state index is 0.0349. The van der Waals surface area contributed by atoms with Gasteiger partial charge in [0.15, 0.2) is 0 Å². The quantitative estimate of drug-likeness (QED) is 0.366. The summed E-state index contributed by atoms with van der Waals surface area (Å²) in [6.45, 7) is 9.69. The number of nitrogens with one attached hydrogen (secondary N) is 1. The van der Waals surface area contributed by atoms with Gasteiger partial charge in [-0.05, 0) is 81.5 Å². The predicted octanol–water partition coefficient (Wildman–Crippen LogP) is 5.49. The van der Waals surface area contributed by atoms with E-state index in [1.165, 1.54) is 9.21 Å². The van der Waals surface area contributed by atoms with Crippen LogP contribution in [-0.4, -0.2) is 50.0 Å². The smallest absolute Gasteiger partial charge is 0.242 e. The lowest BCUT2D eigenvalue weighted by Gasteiger charge is -2.30. The number of halogens is 2. The molecular weight excluding hydrogens is 533 g/mol. The van der Waals surface area contributed by atoms with Crippen LogP contribution in [0.4, 0.5) is 5.69 Å². The minimum Gasteiger partial charge on any atom is -0.352 e. The highest BCUT2D eigenvalue weighted by Crippen LogP contribution is 2.25. The Hall–Kier alpha value is -2.29. The molecular formula is C27H37Cl2N3O4S. The van der Waals surface area contributed by atoms with Crippen LogP contribution in [0, 0.1) is 13.8 Å². The number of carbonyl (C=O) groups is 2. The normalized spacial score (nSPS) is 13.1. The largest absolute Gasteiger partial charge is 0.352 e. The van der Waals surface area contributed by atoms with Crippen LogP contribution in [0.3, 0.4) is 0 Å². The Morgan fingerprint density at radius 3 is 2.27 bits per heavy atom. The van der Waals surface area contributed by atoms with Gasteiger partial charge in [-0.15, -0.1) is 0 Å². The molecule has 0 heterocycles. The molecule has 0 saturated heterocycles. The molecule has 0 aliphatic carbocycles. The molecule has 0 saturated carbocycles. The maximum absolute atomic E-state index is 13.4. The molecule has 0 aliphatic rings. The minimum atomic E-state index is -3.56. The lowest BCUT2D eigenvalue weighted by molar-refractivity contribution is -0.140. The van der Waals surface area contributed by atoms with Crippen LogP contribution in [0.15, 0.2) is 36.4 Å². The zero-order chi connectivity index (χ0) is 27.9. The van der Waals surface area contributed by atoms with Gasteiger partial charge in [0.2, 0.25) is 21.8 Å². The number of sulfonamides is 1. The number of aryl methyl sites for hydroxylation is 2. The van der Waals surface area contributed by atoms with Crippen molar-refractivity contribution in [2.75, 3.05) is 17.1 Å². The molecule has 1 N–H and O–H groups in total. The molecule has 0 aliphatic heterocycles. The predicted molar refractivity (Wildman–Crippen MR) is 152 cm³/mol. The van der Waals surface area contributed by atoms with Crippen LogP contribution >= 0.6 is 23.2 Å². The Morgan fingerprint density at radius 1 is 1.03 bits per heavy atom. The first-order chi connectivity index (χ1) is 17.2. The summed E-state index contributed by atoms with van der Waals surface area (Å²) in [5, 5.41) is 3.80. The second-order valence-corrected chi connectivity index (χ2v) is 12.2. The summed E-state index contributed by atoms with van der Waals surface area (Å²) in [5.74, 6) is -0.535. The van der Waals surface area contributed by atoms with Gasteiger partial charge >= 0.3 is 0 Å². The van der Waals surface area contributed by atoms with Gasteiger partial charge in [-0.25, -0.2) is 8.42 Å². The first-order valence-electron chi connectivity index (χ1n) is 12.3. The van der Waals surface area contributed by atoms with Gasteiger partial charge in [-0.1, -0.05) is 42.3 Å². The number of hydrogen-bond donors (Lipinski definition) is 1. The number of anilines is 1. The van der Waals surface area contributed by atoms with Crippen LogP contribution < -0.4 is 9.62 Å². The van der Waals surface area contributed by atoms with E-state index in [4.69, 9.17) is 23.2 Å². The molecule has 0 aromatic heterocycles. The molecule has 2 aromatic carbocycles. The van der Waals surface area contributed by atoms with Crippen LogP contribution in [0.2, 0.25) is 10.0 Å². The summed E-state index contributed by atoms with van der Waals surface area (Å²) in [4.78, 5) is 27.8. The number of amides is 2. The van der Waals surface area contributed by atoms with Crippen molar-refractivity contribution in [1.82, 2.24) is 10.2 Å². The molecule has 2 atom stereocenters. The third-order valence-corrected chi connectivity index (χ3v) is 8.24. The molecule has 0 unspecified atom stereocenters. The average Bonchev–Trinajstić information content (AvgIpc) is 2.81. The first-order valence-corrected chi connectivity index (χ1v) is 14.9. The molecule has 0 radical (unpaired) electrons. The number of nitrogens with zero attached hydrogens (tertiary/aromatic N) is 2. The Labute approximate surface area is 231 Å². The molecule has 10 heteroatoms. The van der Waals surface area contributed by atoms with Crippen LogP contribution in [0.1, 0.15) is 56.7 Å². The molecule has 204 valence electrons. The number of rotatable bonds is 12. The Kier molecular flexibility index (Phi) is 11.3. The van der Waals surface area contributed by atoms with E-state index in [0.717, 1.165) is 23.8 Å². The van der Waals surface area contributed by atoms with Crippen molar-refractivity contribution in [2.45, 2.75) is 72.5 Å². The fourth-order valence-electron chi connectivity index (χ4n) is 3.77. The van der Waals surface area contributed by atoms with E-state index < -0.39 is 16.1 Å². The Morgan fingerprint density at radius 2 is 1.70 bits per heavy atom. The molecule has 0 bridgehead atoms. The Balaban J connectivity index is 2.23. The van der Waals surface area contributed by atoms with Crippen LogP contribution in [-0.2, 0) is 26.2 Å². The monoisotopic (exact) mass is 569 g/mol. The third kappa shape index (κ3) is 8.90. The zero-order valence-electron chi connectivity index (χ0n) is 22.3. The van der Waals surface area contributed by atoms with Gasteiger partial charge in [0, 0.05) is 35.6 Å².